The standard InChI is InChI=1S/C10H10N4O3S/c1-10(8(15)11-9(18)12-13-10)6-2-4-7(5-3-6)14(16)17/h2-5,13H,1H3,(H2,11,12,15,18)/t10-/m0/s1. The number of hydrogen-bond donors (Lipinski definition) is 3. The van der Waals surface area contributed by atoms with Gasteiger partial charge in [0.2, 0.25) is 0 Å². The SMILES string of the molecule is C[C@@]1(c2ccc([N+](=O)[O-])cc2)NNC(=S)NC1=O. The Morgan fingerprint density at radius 3 is 2.44 bits per heavy atom. The number of hydrogen-bond acceptors (Lipinski definition) is 5. The zero-order chi connectivity index (χ0) is 13.3. The second kappa shape index (κ2) is 4.31. The highest BCUT2D eigenvalue weighted by Gasteiger charge is 2.39. The molecule has 1 heterocycles. The third-order valence-electron chi connectivity index (χ3n) is 2.76. The number of amides is 1. The summed E-state index contributed by atoms with van der Waals surface area (Å²) in [6, 6.07) is 5.76. The maximum absolute atomic E-state index is 11.9. The van der Waals surface area contributed by atoms with E-state index in [1.54, 1.807) is 6.92 Å². The first-order valence-corrected chi connectivity index (χ1v) is 5.48. The van der Waals surface area contributed by atoms with Crippen LogP contribution in [0.1, 0.15) is 12.5 Å². The van der Waals surface area contributed by atoms with Gasteiger partial charge >= 0.3 is 0 Å². The number of thiocarbonyl (C=S) groups is 1. The third kappa shape index (κ3) is 2.03. The van der Waals surface area contributed by atoms with Crippen molar-refractivity contribution in [1.82, 2.24) is 16.2 Å². The van der Waals surface area contributed by atoms with Gasteiger partial charge in [-0.2, -0.15) is 0 Å². The van der Waals surface area contributed by atoms with E-state index in [4.69, 9.17) is 12.2 Å². The number of rotatable bonds is 2. The van der Waals surface area contributed by atoms with Crippen molar-refractivity contribution in [2.24, 2.45) is 0 Å². The Labute approximate surface area is 108 Å². The van der Waals surface area contributed by atoms with Crippen molar-refractivity contribution in [3.63, 3.8) is 0 Å². The van der Waals surface area contributed by atoms with Crippen LogP contribution in [-0.4, -0.2) is 15.9 Å². The van der Waals surface area contributed by atoms with E-state index in [1.807, 2.05) is 0 Å². The van der Waals surface area contributed by atoms with Gasteiger partial charge in [-0.25, -0.2) is 5.43 Å². The number of nitrogens with zero attached hydrogens (tertiary/aromatic N) is 1. The van der Waals surface area contributed by atoms with E-state index in [1.165, 1.54) is 24.3 Å². The number of nitro benzene ring substituents is 1. The number of benzene rings is 1. The molecule has 0 aliphatic carbocycles. The summed E-state index contributed by atoms with van der Waals surface area (Å²) in [5.41, 5.74) is 4.98. The van der Waals surface area contributed by atoms with Crippen molar-refractivity contribution >= 4 is 28.9 Å². The summed E-state index contributed by atoms with van der Waals surface area (Å²) in [7, 11) is 0. The van der Waals surface area contributed by atoms with Gasteiger partial charge in [0.25, 0.3) is 11.6 Å². The lowest BCUT2D eigenvalue weighted by Gasteiger charge is -2.34. The summed E-state index contributed by atoms with van der Waals surface area (Å²) in [6.45, 7) is 1.65. The number of nitro groups is 1. The van der Waals surface area contributed by atoms with E-state index in [2.05, 4.69) is 16.2 Å². The molecule has 1 amide bonds. The van der Waals surface area contributed by atoms with Crippen LogP contribution in [0.2, 0.25) is 0 Å². The fourth-order valence-corrected chi connectivity index (χ4v) is 1.76. The first kappa shape index (κ1) is 12.4. The van der Waals surface area contributed by atoms with Crippen LogP contribution < -0.4 is 16.2 Å². The smallest absolute Gasteiger partial charge is 0.269 e. The molecule has 0 aromatic heterocycles. The predicted molar refractivity (Wildman–Crippen MR) is 67.5 cm³/mol. The largest absolute Gasteiger partial charge is 0.300 e. The van der Waals surface area contributed by atoms with Gasteiger partial charge in [-0.05, 0) is 36.8 Å². The highest BCUT2D eigenvalue weighted by atomic mass is 32.1. The van der Waals surface area contributed by atoms with Crippen molar-refractivity contribution in [3.8, 4) is 0 Å². The van der Waals surface area contributed by atoms with Gasteiger partial charge in [-0.1, -0.05) is 0 Å². The molecule has 18 heavy (non-hydrogen) atoms. The van der Waals surface area contributed by atoms with Crippen LogP contribution in [0.3, 0.4) is 0 Å². The Morgan fingerprint density at radius 1 is 1.33 bits per heavy atom. The van der Waals surface area contributed by atoms with Gasteiger partial charge in [0, 0.05) is 12.1 Å². The molecule has 1 saturated heterocycles. The molecule has 94 valence electrons. The molecule has 0 radical (unpaired) electrons. The van der Waals surface area contributed by atoms with E-state index in [9.17, 15) is 14.9 Å². The quantitative estimate of drug-likeness (QED) is 0.405. The zero-order valence-electron chi connectivity index (χ0n) is 9.39. The molecular weight excluding hydrogens is 256 g/mol. The summed E-state index contributed by atoms with van der Waals surface area (Å²) < 4.78 is 0. The molecule has 0 unspecified atom stereocenters. The normalized spacial score (nSPS) is 23.2. The van der Waals surface area contributed by atoms with Gasteiger partial charge in [-0.3, -0.25) is 20.3 Å². The van der Waals surface area contributed by atoms with Crippen LogP contribution in [0.4, 0.5) is 5.69 Å². The minimum Gasteiger partial charge on any atom is -0.300 e. The molecule has 0 spiro atoms. The Hall–Kier alpha value is -2.06. The summed E-state index contributed by atoms with van der Waals surface area (Å²) in [4.78, 5) is 22.0. The number of carbonyl (C=O) groups is 1. The number of carbonyl (C=O) groups excluding carboxylic acids is 1. The molecule has 0 bridgehead atoms. The highest BCUT2D eigenvalue weighted by Crippen LogP contribution is 2.24. The van der Waals surface area contributed by atoms with E-state index >= 15 is 0 Å². The Morgan fingerprint density at radius 2 is 1.94 bits per heavy atom. The molecule has 1 aliphatic rings. The monoisotopic (exact) mass is 266 g/mol. The van der Waals surface area contributed by atoms with Gasteiger partial charge < -0.3 is 5.32 Å². The Kier molecular flexibility index (Phi) is 2.97. The van der Waals surface area contributed by atoms with Crippen molar-refractivity contribution < 1.29 is 9.72 Å². The van der Waals surface area contributed by atoms with Crippen molar-refractivity contribution in [3.05, 3.63) is 39.9 Å². The molecule has 1 aromatic carbocycles. The van der Waals surface area contributed by atoms with Gasteiger partial charge in [0.15, 0.2) is 5.11 Å². The lowest BCUT2D eigenvalue weighted by Crippen LogP contribution is -2.67. The van der Waals surface area contributed by atoms with Crippen LogP contribution in [0.15, 0.2) is 24.3 Å². The third-order valence-corrected chi connectivity index (χ3v) is 2.97. The van der Waals surface area contributed by atoms with Crippen LogP contribution in [0, 0.1) is 10.1 Å². The number of nitrogens with one attached hydrogen (secondary N) is 3. The zero-order valence-corrected chi connectivity index (χ0v) is 10.2. The minimum atomic E-state index is -1.03. The highest BCUT2D eigenvalue weighted by molar-refractivity contribution is 7.80. The summed E-state index contributed by atoms with van der Waals surface area (Å²) in [5, 5.41) is 13.2. The lowest BCUT2D eigenvalue weighted by atomic mass is 9.91. The topological polar surface area (TPSA) is 96.3 Å². The van der Waals surface area contributed by atoms with Crippen LogP contribution in [-0.2, 0) is 10.3 Å². The van der Waals surface area contributed by atoms with Gasteiger partial charge in [0.05, 0.1) is 4.92 Å². The maximum atomic E-state index is 11.9. The van der Waals surface area contributed by atoms with E-state index in [0.717, 1.165) is 0 Å². The molecule has 1 aromatic rings. The predicted octanol–water partition coefficient (Wildman–Crippen LogP) is 0.319. The average Bonchev–Trinajstić information content (AvgIpc) is 2.34. The van der Waals surface area contributed by atoms with Crippen LogP contribution in [0.25, 0.3) is 0 Å². The van der Waals surface area contributed by atoms with E-state index in [-0.39, 0.29) is 16.7 Å². The Bertz CT molecular complexity index is 530. The fraction of sp³-hybridized carbons (Fsp3) is 0.200. The minimum absolute atomic E-state index is 0.0259. The lowest BCUT2D eigenvalue weighted by molar-refractivity contribution is -0.384. The Balaban J connectivity index is 2.32. The second-order valence-corrected chi connectivity index (χ2v) is 4.37. The number of non-ortho nitro benzene ring substituents is 1. The van der Waals surface area contributed by atoms with Gasteiger partial charge in [0.1, 0.15) is 5.54 Å². The molecule has 1 atom stereocenters. The number of hydrazine groups is 1. The van der Waals surface area contributed by atoms with E-state index in [0.29, 0.717) is 5.56 Å². The molecule has 8 heteroatoms. The fourth-order valence-electron chi connectivity index (χ4n) is 1.62. The maximum Gasteiger partial charge on any atom is 0.269 e. The summed E-state index contributed by atoms with van der Waals surface area (Å²) in [6.07, 6.45) is 0. The summed E-state index contributed by atoms with van der Waals surface area (Å²) >= 11 is 4.80. The van der Waals surface area contributed by atoms with Crippen LogP contribution >= 0.6 is 12.2 Å². The van der Waals surface area contributed by atoms with Crippen LogP contribution in [0.5, 0.6) is 0 Å². The average molecular weight is 266 g/mol. The van der Waals surface area contributed by atoms with Crippen molar-refractivity contribution in [2.45, 2.75) is 12.5 Å². The summed E-state index contributed by atoms with van der Waals surface area (Å²) in [5.74, 6) is -0.319. The molecule has 1 fully saturated rings. The second-order valence-electron chi connectivity index (χ2n) is 3.96. The van der Waals surface area contributed by atoms with E-state index < -0.39 is 10.5 Å². The first-order valence-electron chi connectivity index (χ1n) is 5.07. The molecular formula is C10H10N4O3S. The van der Waals surface area contributed by atoms with Gasteiger partial charge in [-0.15, -0.1) is 0 Å². The molecule has 1 aliphatic heterocycles. The van der Waals surface area contributed by atoms with Crippen molar-refractivity contribution in [2.75, 3.05) is 0 Å². The molecule has 3 N–H and O–H groups in total. The molecule has 0 saturated carbocycles. The molecule has 2 rings (SSSR count). The first-order chi connectivity index (χ1) is 8.43. The van der Waals surface area contributed by atoms with Crippen molar-refractivity contribution in [1.29, 1.82) is 0 Å². The molecule has 7 nitrogen and oxygen atoms in total.